The van der Waals surface area contributed by atoms with Crippen molar-refractivity contribution in [1.29, 1.82) is 0 Å². The van der Waals surface area contributed by atoms with Crippen LogP contribution in [0, 0.1) is 11.7 Å². The van der Waals surface area contributed by atoms with E-state index in [2.05, 4.69) is 5.32 Å². The molecule has 1 aromatic carbocycles. The van der Waals surface area contributed by atoms with E-state index in [1.165, 1.54) is 6.07 Å². The minimum Gasteiger partial charge on any atom is -0.355 e. The van der Waals surface area contributed by atoms with Gasteiger partial charge in [-0.15, -0.1) is 0 Å². The third kappa shape index (κ3) is 3.16. The molecule has 3 fully saturated rings. The summed E-state index contributed by atoms with van der Waals surface area (Å²) in [4.78, 5) is 26.5. The number of nitrogens with zero attached hydrogens (tertiary/aromatic N) is 1. The number of rotatable bonds is 5. The number of amides is 2. The van der Waals surface area contributed by atoms with Crippen LogP contribution in [0.5, 0.6) is 0 Å². The molecule has 2 amide bonds. The van der Waals surface area contributed by atoms with Gasteiger partial charge in [-0.25, -0.2) is 4.39 Å². The molecule has 0 aromatic heterocycles. The van der Waals surface area contributed by atoms with Crippen LogP contribution in [-0.4, -0.2) is 35.8 Å². The van der Waals surface area contributed by atoms with Crippen LogP contribution in [0.15, 0.2) is 24.3 Å². The Labute approximate surface area is 147 Å². The van der Waals surface area contributed by atoms with E-state index in [0.29, 0.717) is 25.6 Å². The minimum absolute atomic E-state index is 0.0564. The van der Waals surface area contributed by atoms with E-state index in [9.17, 15) is 14.0 Å². The summed E-state index contributed by atoms with van der Waals surface area (Å²) >= 11 is 0. The van der Waals surface area contributed by atoms with Crippen LogP contribution in [-0.2, 0) is 15.0 Å². The predicted molar refractivity (Wildman–Crippen MR) is 92.4 cm³/mol. The number of nitrogens with one attached hydrogen (secondary N) is 1. The first-order valence-electron chi connectivity index (χ1n) is 9.41. The molecule has 1 atom stereocenters. The smallest absolute Gasteiger partial charge is 0.225 e. The van der Waals surface area contributed by atoms with Gasteiger partial charge < -0.3 is 10.2 Å². The first-order valence-corrected chi connectivity index (χ1v) is 9.41. The van der Waals surface area contributed by atoms with Crippen LogP contribution < -0.4 is 5.32 Å². The first kappa shape index (κ1) is 16.6. The lowest BCUT2D eigenvalue weighted by Gasteiger charge is -2.30. The number of hydrogen-bond acceptors (Lipinski definition) is 2. The number of halogens is 1. The highest BCUT2D eigenvalue weighted by atomic mass is 19.1. The molecule has 0 bridgehead atoms. The summed E-state index contributed by atoms with van der Waals surface area (Å²) in [5.41, 5.74) is 0.412. The van der Waals surface area contributed by atoms with Gasteiger partial charge in [0.25, 0.3) is 0 Å². The summed E-state index contributed by atoms with van der Waals surface area (Å²) in [7, 11) is 0. The predicted octanol–water partition coefficient (Wildman–Crippen LogP) is 2.76. The van der Waals surface area contributed by atoms with Crippen molar-refractivity contribution in [2.24, 2.45) is 5.92 Å². The topological polar surface area (TPSA) is 49.4 Å². The maximum absolute atomic E-state index is 14.3. The SMILES string of the molecule is O=C(NCC1(c2ccccc2F)CCCC1)[C@H]1CC(=O)N(C2CC2)C1. The second-order valence-corrected chi connectivity index (χ2v) is 7.86. The number of carbonyl (C=O) groups excluding carboxylic acids is 2. The van der Waals surface area contributed by atoms with Crippen LogP contribution in [0.1, 0.15) is 50.5 Å². The van der Waals surface area contributed by atoms with Crippen molar-refractivity contribution in [2.75, 3.05) is 13.1 Å². The van der Waals surface area contributed by atoms with Crippen molar-refractivity contribution in [1.82, 2.24) is 10.2 Å². The Morgan fingerprint density at radius 2 is 1.96 bits per heavy atom. The van der Waals surface area contributed by atoms with E-state index in [1.807, 2.05) is 17.0 Å². The average Bonchev–Trinajstić information content (AvgIpc) is 3.20. The van der Waals surface area contributed by atoms with Gasteiger partial charge >= 0.3 is 0 Å². The van der Waals surface area contributed by atoms with Gasteiger partial charge in [0, 0.05) is 31.0 Å². The van der Waals surface area contributed by atoms with Gasteiger partial charge in [-0.05, 0) is 37.3 Å². The zero-order valence-electron chi connectivity index (χ0n) is 14.5. The molecule has 1 N–H and O–H groups in total. The molecular formula is C20H25FN2O2. The first-order chi connectivity index (χ1) is 12.1. The Balaban J connectivity index is 1.43. The zero-order valence-corrected chi connectivity index (χ0v) is 14.5. The lowest BCUT2D eigenvalue weighted by Crippen LogP contribution is -2.42. The molecule has 3 aliphatic rings. The molecule has 0 radical (unpaired) electrons. The molecule has 5 heteroatoms. The molecule has 134 valence electrons. The van der Waals surface area contributed by atoms with Crippen LogP contribution in [0.4, 0.5) is 4.39 Å². The van der Waals surface area contributed by atoms with Gasteiger partial charge in [0.2, 0.25) is 11.8 Å². The lowest BCUT2D eigenvalue weighted by atomic mass is 9.78. The van der Waals surface area contributed by atoms with Crippen LogP contribution >= 0.6 is 0 Å². The van der Waals surface area contributed by atoms with Crippen molar-refractivity contribution in [2.45, 2.75) is 56.4 Å². The van der Waals surface area contributed by atoms with Gasteiger partial charge in [-0.2, -0.15) is 0 Å². The highest BCUT2D eigenvalue weighted by molar-refractivity contribution is 5.89. The van der Waals surface area contributed by atoms with Crippen molar-refractivity contribution in [3.05, 3.63) is 35.6 Å². The maximum atomic E-state index is 14.3. The third-order valence-corrected chi connectivity index (χ3v) is 6.12. The molecule has 0 unspecified atom stereocenters. The van der Waals surface area contributed by atoms with Crippen molar-refractivity contribution >= 4 is 11.8 Å². The molecule has 1 aromatic rings. The molecule has 4 rings (SSSR count). The van der Waals surface area contributed by atoms with Crippen LogP contribution in [0.3, 0.4) is 0 Å². The summed E-state index contributed by atoms with van der Waals surface area (Å²) in [5, 5.41) is 3.05. The summed E-state index contributed by atoms with van der Waals surface area (Å²) in [6.07, 6.45) is 6.35. The molecule has 1 aliphatic heterocycles. The lowest BCUT2D eigenvalue weighted by molar-refractivity contribution is -0.129. The van der Waals surface area contributed by atoms with Gasteiger partial charge in [-0.3, -0.25) is 9.59 Å². The fourth-order valence-corrected chi connectivity index (χ4v) is 4.53. The number of hydrogen-bond donors (Lipinski definition) is 1. The second-order valence-electron chi connectivity index (χ2n) is 7.86. The fraction of sp³-hybridized carbons (Fsp3) is 0.600. The molecule has 1 saturated heterocycles. The Morgan fingerprint density at radius 3 is 2.64 bits per heavy atom. The fourth-order valence-electron chi connectivity index (χ4n) is 4.53. The molecular weight excluding hydrogens is 319 g/mol. The molecule has 25 heavy (non-hydrogen) atoms. The van der Waals surface area contributed by atoms with Gasteiger partial charge in [0.1, 0.15) is 5.82 Å². The number of carbonyl (C=O) groups is 2. The summed E-state index contributed by atoms with van der Waals surface area (Å²) in [6.45, 7) is 1.00. The quantitative estimate of drug-likeness (QED) is 0.893. The third-order valence-electron chi connectivity index (χ3n) is 6.12. The number of likely N-dealkylation sites (tertiary alicyclic amines) is 1. The zero-order chi connectivity index (χ0) is 17.4. The normalized spacial score (nSPS) is 25.4. The Hall–Kier alpha value is -1.91. The summed E-state index contributed by atoms with van der Waals surface area (Å²) in [5.74, 6) is -0.395. The van der Waals surface area contributed by atoms with E-state index in [-0.39, 0.29) is 29.0 Å². The number of benzene rings is 1. The van der Waals surface area contributed by atoms with E-state index in [4.69, 9.17) is 0 Å². The maximum Gasteiger partial charge on any atom is 0.225 e. The highest BCUT2D eigenvalue weighted by Gasteiger charge is 2.43. The standard InChI is InChI=1S/C20H25FN2O2/c21-17-6-2-1-5-16(17)20(9-3-4-10-20)13-22-19(25)14-11-18(24)23(12-14)15-7-8-15/h1-2,5-6,14-15H,3-4,7-13H2,(H,22,25)/t14-/m0/s1. The molecule has 0 spiro atoms. The van der Waals surface area contributed by atoms with Gasteiger partial charge in [0.15, 0.2) is 0 Å². The Morgan fingerprint density at radius 1 is 1.24 bits per heavy atom. The molecule has 2 saturated carbocycles. The summed E-state index contributed by atoms with van der Waals surface area (Å²) in [6, 6.07) is 7.28. The van der Waals surface area contributed by atoms with E-state index >= 15 is 0 Å². The Bertz CT molecular complexity index is 680. The minimum atomic E-state index is -0.306. The van der Waals surface area contributed by atoms with E-state index in [1.54, 1.807) is 6.07 Å². The molecule has 4 nitrogen and oxygen atoms in total. The monoisotopic (exact) mass is 344 g/mol. The molecule has 2 aliphatic carbocycles. The largest absolute Gasteiger partial charge is 0.355 e. The van der Waals surface area contributed by atoms with Gasteiger partial charge in [-0.1, -0.05) is 31.0 Å². The second kappa shape index (κ2) is 6.43. The van der Waals surface area contributed by atoms with Crippen molar-refractivity contribution in [3.8, 4) is 0 Å². The van der Waals surface area contributed by atoms with Gasteiger partial charge in [0.05, 0.1) is 5.92 Å². The highest BCUT2D eigenvalue weighted by Crippen LogP contribution is 2.41. The summed E-state index contributed by atoms with van der Waals surface area (Å²) < 4.78 is 14.3. The molecule has 1 heterocycles. The van der Waals surface area contributed by atoms with Crippen molar-refractivity contribution in [3.63, 3.8) is 0 Å². The van der Waals surface area contributed by atoms with E-state index < -0.39 is 0 Å². The van der Waals surface area contributed by atoms with E-state index in [0.717, 1.165) is 44.1 Å². The van der Waals surface area contributed by atoms with Crippen LogP contribution in [0.2, 0.25) is 0 Å². The Kier molecular flexibility index (Phi) is 4.26. The average molecular weight is 344 g/mol. The van der Waals surface area contributed by atoms with Crippen LogP contribution in [0.25, 0.3) is 0 Å². The van der Waals surface area contributed by atoms with Crippen molar-refractivity contribution < 1.29 is 14.0 Å².